The van der Waals surface area contributed by atoms with E-state index in [-0.39, 0.29) is 18.0 Å². The summed E-state index contributed by atoms with van der Waals surface area (Å²) in [4.78, 5) is 38.3. The number of carbonyl (C=O) groups excluding carboxylic acids is 1. The van der Waals surface area contributed by atoms with Crippen LogP contribution in [-0.2, 0) is 11.3 Å². The number of fused-ring (bicyclic) bond motifs is 1. The summed E-state index contributed by atoms with van der Waals surface area (Å²) >= 11 is 1.27. The molecular weight excluding hydrogens is 350 g/mol. The standard InChI is InChI=1S/C19H21N3O3S/c1-12-6-5-7-13(10-12)22-17(24)16-14(8-9-26-16)21(18(22)25)11-15(23)20-19(2,3)4/h5-10H,11H2,1-4H3,(H,20,23). The van der Waals surface area contributed by atoms with Crippen molar-refractivity contribution in [2.24, 2.45) is 0 Å². The average Bonchev–Trinajstić information content (AvgIpc) is 3.00. The highest BCUT2D eigenvalue weighted by Gasteiger charge is 2.19. The predicted octanol–water partition coefficient (Wildman–Crippen LogP) is 2.44. The highest BCUT2D eigenvalue weighted by molar-refractivity contribution is 7.17. The van der Waals surface area contributed by atoms with Gasteiger partial charge in [0.05, 0.1) is 11.2 Å². The second kappa shape index (κ2) is 6.57. The predicted molar refractivity (Wildman–Crippen MR) is 104 cm³/mol. The van der Waals surface area contributed by atoms with Crippen LogP contribution in [0.4, 0.5) is 0 Å². The zero-order valence-electron chi connectivity index (χ0n) is 15.2. The number of benzene rings is 1. The Morgan fingerprint density at radius 3 is 2.58 bits per heavy atom. The third kappa shape index (κ3) is 3.48. The fourth-order valence-electron chi connectivity index (χ4n) is 2.84. The third-order valence-electron chi connectivity index (χ3n) is 3.83. The van der Waals surface area contributed by atoms with Gasteiger partial charge in [0.25, 0.3) is 5.56 Å². The molecule has 3 aromatic rings. The number of hydrogen-bond donors (Lipinski definition) is 1. The van der Waals surface area contributed by atoms with Gasteiger partial charge in [-0.05, 0) is 56.8 Å². The number of aromatic nitrogens is 2. The Morgan fingerprint density at radius 1 is 1.19 bits per heavy atom. The zero-order chi connectivity index (χ0) is 19.1. The maximum Gasteiger partial charge on any atom is 0.336 e. The third-order valence-corrected chi connectivity index (χ3v) is 4.72. The van der Waals surface area contributed by atoms with Crippen LogP contribution in [0.2, 0.25) is 0 Å². The molecule has 26 heavy (non-hydrogen) atoms. The van der Waals surface area contributed by atoms with Gasteiger partial charge in [0.2, 0.25) is 5.91 Å². The molecule has 0 radical (unpaired) electrons. The van der Waals surface area contributed by atoms with Crippen LogP contribution in [-0.4, -0.2) is 20.6 Å². The van der Waals surface area contributed by atoms with Crippen molar-refractivity contribution in [1.82, 2.24) is 14.5 Å². The number of carbonyl (C=O) groups is 1. The molecule has 2 heterocycles. The van der Waals surface area contributed by atoms with Crippen molar-refractivity contribution in [2.75, 3.05) is 0 Å². The van der Waals surface area contributed by atoms with Crippen molar-refractivity contribution in [2.45, 2.75) is 39.8 Å². The van der Waals surface area contributed by atoms with Crippen LogP contribution in [0.25, 0.3) is 15.9 Å². The van der Waals surface area contributed by atoms with Gasteiger partial charge in [-0.3, -0.25) is 14.2 Å². The summed E-state index contributed by atoms with van der Waals surface area (Å²) < 4.78 is 2.95. The number of thiophene rings is 1. The van der Waals surface area contributed by atoms with Crippen molar-refractivity contribution in [3.8, 4) is 5.69 Å². The van der Waals surface area contributed by atoms with Crippen LogP contribution < -0.4 is 16.6 Å². The second-order valence-corrected chi connectivity index (χ2v) is 8.20. The highest BCUT2D eigenvalue weighted by Crippen LogP contribution is 2.17. The number of rotatable bonds is 3. The van der Waals surface area contributed by atoms with Gasteiger partial charge in [0, 0.05) is 5.54 Å². The summed E-state index contributed by atoms with van der Waals surface area (Å²) in [6.07, 6.45) is 0. The van der Waals surface area contributed by atoms with E-state index < -0.39 is 11.2 Å². The normalized spacial score (nSPS) is 11.7. The van der Waals surface area contributed by atoms with Crippen molar-refractivity contribution < 1.29 is 4.79 Å². The molecule has 1 N–H and O–H groups in total. The SMILES string of the molecule is Cc1cccc(-n2c(=O)c3sccc3n(CC(=O)NC(C)(C)C)c2=O)c1. The fraction of sp³-hybridized carbons (Fsp3) is 0.316. The smallest absolute Gasteiger partial charge is 0.336 e. The van der Waals surface area contributed by atoms with Gasteiger partial charge in [-0.15, -0.1) is 11.3 Å². The van der Waals surface area contributed by atoms with Crippen LogP contribution in [0.1, 0.15) is 26.3 Å². The molecule has 0 atom stereocenters. The summed E-state index contributed by atoms with van der Waals surface area (Å²) in [5.41, 5.74) is 0.642. The van der Waals surface area contributed by atoms with Gasteiger partial charge >= 0.3 is 5.69 Å². The van der Waals surface area contributed by atoms with Gasteiger partial charge in [-0.2, -0.15) is 0 Å². The molecule has 0 saturated heterocycles. The first-order chi connectivity index (χ1) is 12.2. The Labute approximate surface area is 154 Å². The van der Waals surface area contributed by atoms with Gasteiger partial charge in [0.1, 0.15) is 11.2 Å². The Hall–Kier alpha value is -2.67. The minimum absolute atomic E-state index is 0.143. The van der Waals surface area contributed by atoms with Gasteiger partial charge in [-0.25, -0.2) is 9.36 Å². The van der Waals surface area contributed by atoms with E-state index in [0.29, 0.717) is 15.9 Å². The highest BCUT2D eigenvalue weighted by atomic mass is 32.1. The second-order valence-electron chi connectivity index (χ2n) is 7.28. The largest absolute Gasteiger partial charge is 0.350 e. The number of amides is 1. The molecule has 0 fully saturated rings. The molecule has 1 aromatic carbocycles. The van der Waals surface area contributed by atoms with Gasteiger partial charge < -0.3 is 5.32 Å². The molecule has 0 bridgehead atoms. The Bertz CT molecular complexity index is 1100. The molecule has 136 valence electrons. The lowest BCUT2D eigenvalue weighted by molar-refractivity contribution is -0.123. The molecule has 0 aliphatic rings. The number of aryl methyl sites for hydroxylation is 1. The van der Waals surface area contributed by atoms with Crippen molar-refractivity contribution in [1.29, 1.82) is 0 Å². The van der Waals surface area contributed by atoms with Crippen LogP contribution in [0.15, 0.2) is 45.3 Å². The number of nitrogens with zero attached hydrogens (tertiary/aromatic N) is 2. The summed E-state index contributed by atoms with van der Waals surface area (Å²) in [6.45, 7) is 7.38. The first-order valence-corrected chi connectivity index (χ1v) is 9.16. The van der Waals surface area contributed by atoms with E-state index in [2.05, 4.69) is 5.32 Å². The molecule has 0 saturated carbocycles. The first kappa shape index (κ1) is 18.1. The summed E-state index contributed by atoms with van der Waals surface area (Å²) in [5.74, 6) is -0.276. The molecule has 0 unspecified atom stereocenters. The average molecular weight is 371 g/mol. The summed E-state index contributed by atoms with van der Waals surface area (Å²) in [5, 5.41) is 4.61. The van der Waals surface area contributed by atoms with Crippen LogP contribution >= 0.6 is 11.3 Å². The quantitative estimate of drug-likeness (QED) is 0.769. The zero-order valence-corrected chi connectivity index (χ0v) is 16.0. The summed E-state index contributed by atoms with van der Waals surface area (Å²) in [7, 11) is 0. The molecule has 0 aliphatic carbocycles. The lowest BCUT2D eigenvalue weighted by Gasteiger charge is -2.21. The summed E-state index contributed by atoms with van der Waals surface area (Å²) in [6, 6.07) is 8.89. The first-order valence-electron chi connectivity index (χ1n) is 8.28. The van der Waals surface area contributed by atoms with Crippen LogP contribution in [0.5, 0.6) is 0 Å². The molecular formula is C19H21N3O3S. The van der Waals surface area contributed by atoms with E-state index >= 15 is 0 Å². The topological polar surface area (TPSA) is 73.1 Å². The van der Waals surface area contributed by atoms with Crippen molar-refractivity contribution in [3.05, 3.63) is 62.1 Å². The molecule has 3 rings (SSSR count). The van der Waals surface area contributed by atoms with E-state index in [9.17, 15) is 14.4 Å². The Kier molecular flexibility index (Phi) is 4.58. The Balaban J connectivity index is 2.21. The van der Waals surface area contributed by atoms with Crippen molar-refractivity contribution >= 4 is 27.5 Å². The lowest BCUT2D eigenvalue weighted by atomic mass is 10.1. The van der Waals surface area contributed by atoms with Crippen LogP contribution in [0.3, 0.4) is 0 Å². The molecule has 2 aromatic heterocycles. The van der Waals surface area contributed by atoms with E-state index in [4.69, 9.17) is 0 Å². The molecule has 7 heteroatoms. The van der Waals surface area contributed by atoms with E-state index in [0.717, 1.165) is 10.1 Å². The van der Waals surface area contributed by atoms with Gasteiger partial charge in [0.15, 0.2) is 0 Å². The molecule has 1 amide bonds. The Morgan fingerprint density at radius 2 is 1.92 bits per heavy atom. The van der Waals surface area contributed by atoms with Crippen molar-refractivity contribution in [3.63, 3.8) is 0 Å². The van der Waals surface area contributed by atoms with Crippen LogP contribution in [0, 0.1) is 6.92 Å². The fourth-order valence-corrected chi connectivity index (χ4v) is 3.66. The minimum atomic E-state index is -0.518. The van der Waals surface area contributed by atoms with E-state index in [1.807, 2.05) is 33.8 Å². The van der Waals surface area contributed by atoms with E-state index in [1.54, 1.807) is 29.6 Å². The lowest BCUT2D eigenvalue weighted by Crippen LogP contribution is -2.45. The molecule has 0 aliphatic heterocycles. The maximum absolute atomic E-state index is 13.1. The monoisotopic (exact) mass is 371 g/mol. The molecule has 0 spiro atoms. The number of nitrogens with one attached hydrogen (secondary N) is 1. The van der Waals surface area contributed by atoms with Gasteiger partial charge in [-0.1, -0.05) is 12.1 Å². The molecule has 6 nitrogen and oxygen atoms in total. The maximum atomic E-state index is 13.1. The van der Waals surface area contributed by atoms with E-state index in [1.165, 1.54) is 15.9 Å². The number of hydrogen-bond acceptors (Lipinski definition) is 4. The minimum Gasteiger partial charge on any atom is -0.350 e.